The summed E-state index contributed by atoms with van der Waals surface area (Å²) in [4.78, 5) is 14.8. The summed E-state index contributed by atoms with van der Waals surface area (Å²) in [6, 6.07) is 19.7. The monoisotopic (exact) mass is 446 g/mol. The molecule has 1 amide bonds. The summed E-state index contributed by atoms with van der Waals surface area (Å²) in [7, 11) is 3.32. The van der Waals surface area contributed by atoms with Crippen molar-refractivity contribution >= 4 is 11.7 Å². The van der Waals surface area contributed by atoms with Crippen LogP contribution < -0.4 is 19.7 Å². The van der Waals surface area contributed by atoms with E-state index in [4.69, 9.17) is 9.47 Å². The van der Waals surface area contributed by atoms with Gasteiger partial charge in [-0.2, -0.15) is 0 Å². The molecule has 0 unspecified atom stereocenters. The van der Waals surface area contributed by atoms with Crippen LogP contribution in [0.5, 0.6) is 11.5 Å². The number of hydrogen-bond acceptors (Lipinski definition) is 6. The quantitative estimate of drug-likeness (QED) is 0.568. The highest BCUT2D eigenvalue weighted by molar-refractivity contribution is 5.79. The first-order valence-corrected chi connectivity index (χ1v) is 11.3. The number of ether oxygens (including phenoxy) is 2. The number of carbonyl (C=O) groups excluding carboxylic acids is 1. The lowest BCUT2D eigenvalue weighted by Crippen LogP contribution is -2.41. The molecule has 3 aromatic rings. The average molecular weight is 447 g/mol. The zero-order chi connectivity index (χ0) is 23.0. The number of hydrogen-bond donors (Lipinski definition) is 1. The third-order valence-corrected chi connectivity index (χ3v) is 6.11. The van der Waals surface area contributed by atoms with Crippen molar-refractivity contribution in [3.8, 4) is 22.8 Å². The summed E-state index contributed by atoms with van der Waals surface area (Å²) in [5.41, 5.74) is 2.93. The van der Waals surface area contributed by atoms with Crippen LogP contribution in [0.1, 0.15) is 18.4 Å². The number of aromatic nitrogens is 2. The molecule has 1 aliphatic heterocycles. The van der Waals surface area contributed by atoms with Crippen LogP contribution in [-0.2, 0) is 11.2 Å². The Labute approximate surface area is 194 Å². The Balaban J connectivity index is 1.25. The molecule has 2 heterocycles. The molecule has 0 radical (unpaired) electrons. The van der Waals surface area contributed by atoms with Crippen LogP contribution in [0.25, 0.3) is 11.3 Å². The van der Waals surface area contributed by atoms with E-state index < -0.39 is 0 Å². The molecule has 0 atom stereocenters. The third-order valence-electron chi connectivity index (χ3n) is 6.11. The molecule has 172 valence electrons. The zero-order valence-electron chi connectivity index (χ0n) is 19.2. The Hall–Kier alpha value is -3.61. The zero-order valence-corrected chi connectivity index (χ0v) is 19.2. The maximum absolute atomic E-state index is 12.6. The van der Waals surface area contributed by atoms with Crippen LogP contribution in [0.3, 0.4) is 0 Å². The van der Waals surface area contributed by atoms with Gasteiger partial charge < -0.3 is 19.7 Å². The fourth-order valence-corrected chi connectivity index (χ4v) is 4.15. The number of benzene rings is 2. The number of rotatable bonds is 8. The second kappa shape index (κ2) is 10.8. The minimum Gasteiger partial charge on any atom is -0.497 e. The van der Waals surface area contributed by atoms with Crippen molar-refractivity contribution in [2.75, 3.05) is 38.8 Å². The highest BCUT2D eigenvalue weighted by atomic mass is 16.5. The number of carbonyl (C=O) groups is 1. The number of nitrogens with one attached hydrogen (secondary N) is 1. The van der Waals surface area contributed by atoms with Crippen molar-refractivity contribution in [2.24, 2.45) is 5.92 Å². The molecule has 1 saturated heterocycles. The molecule has 0 bridgehead atoms. The van der Waals surface area contributed by atoms with Crippen molar-refractivity contribution < 1.29 is 14.3 Å². The van der Waals surface area contributed by atoms with Crippen LogP contribution in [0.2, 0.25) is 0 Å². The number of nitrogens with zero attached hydrogens (tertiary/aromatic N) is 3. The summed E-state index contributed by atoms with van der Waals surface area (Å²) in [5.74, 6) is 2.69. The molecular formula is C26H30N4O3. The highest BCUT2D eigenvalue weighted by Gasteiger charge is 2.25. The molecule has 2 aromatic carbocycles. The minimum absolute atomic E-state index is 0.0328. The Morgan fingerprint density at radius 1 is 0.970 bits per heavy atom. The molecule has 0 spiro atoms. The fraction of sp³-hybridized carbons (Fsp3) is 0.346. The molecule has 7 heteroatoms. The molecule has 0 aliphatic carbocycles. The summed E-state index contributed by atoms with van der Waals surface area (Å²) < 4.78 is 10.6. The summed E-state index contributed by atoms with van der Waals surface area (Å²) in [6.45, 7) is 2.19. The van der Waals surface area contributed by atoms with Crippen molar-refractivity contribution in [2.45, 2.75) is 19.3 Å². The largest absolute Gasteiger partial charge is 0.497 e. The predicted octanol–water partition coefficient (Wildman–Crippen LogP) is 3.74. The Morgan fingerprint density at radius 3 is 2.39 bits per heavy atom. The lowest BCUT2D eigenvalue weighted by atomic mass is 9.96. The second-order valence-electron chi connectivity index (χ2n) is 8.12. The van der Waals surface area contributed by atoms with Crippen molar-refractivity contribution in [1.29, 1.82) is 0 Å². The van der Waals surface area contributed by atoms with E-state index in [0.29, 0.717) is 6.54 Å². The van der Waals surface area contributed by atoms with Crippen molar-refractivity contribution in [3.05, 3.63) is 66.2 Å². The summed E-state index contributed by atoms with van der Waals surface area (Å²) >= 11 is 0. The summed E-state index contributed by atoms with van der Waals surface area (Å²) in [6.07, 6.45) is 2.37. The van der Waals surface area contributed by atoms with E-state index in [2.05, 4.69) is 20.4 Å². The topological polar surface area (TPSA) is 76.6 Å². The maximum atomic E-state index is 12.6. The van der Waals surface area contributed by atoms with E-state index in [1.54, 1.807) is 14.2 Å². The Morgan fingerprint density at radius 2 is 1.73 bits per heavy atom. The molecule has 1 aliphatic rings. The van der Waals surface area contributed by atoms with Gasteiger partial charge in [-0.1, -0.05) is 18.2 Å². The van der Waals surface area contributed by atoms with E-state index in [-0.39, 0.29) is 11.8 Å². The third kappa shape index (κ3) is 5.61. The van der Waals surface area contributed by atoms with Crippen LogP contribution in [-0.4, -0.2) is 50.0 Å². The molecule has 4 rings (SSSR count). The Bertz CT molecular complexity index is 1050. The van der Waals surface area contributed by atoms with Gasteiger partial charge in [0.1, 0.15) is 11.5 Å². The smallest absolute Gasteiger partial charge is 0.223 e. The first kappa shape index (κ1) is 22.6. The molecule has 33 heavy (non-hydrogen) atoms. The minimum atomic E-state index is 0.0328. The maximum Gasteiger partial charge on any atom is 0.223 e. The second-order valence-corrected chi connectivity index (χ2v) is 8.12. The molecule has 0 saturated carbocycles. The predicted molar refractivity (Wildman–Crippen MR) is 129 cm³/mol. The van der Waals surface area contributed by atoms with Crippen LogP contribution >= 0.6 is 0 Å². The molecule has 1 fully saturated rings. The van der Waals surface area contributed by atoms with E-state index in [1.807, 2.05) is 60.7 Å². The van der Waals surface area contributed by atoms with Gasteiger partial charge in [-0.3, -0.25) is 4.79 Å². The van der Waals surface area contributed by atoms with E-state index >= 15 is 0 Å². The Kier molecular flexibility index (Phi) is 7.40. The van der Waals surface area contributed by atoms with Gasteiger partial charge in [0.25, 0.3) is 0 Å². The number of methoxy groups -OCH3 is 2. The van der Waals surface area contributed by atoms with Gasteiger partial charge >= 0.3 is 0 Å². The highest BCUT2D eigenvalue weighted by Crippen LogP contribution is 2.25. The van der Waals surface area contributed by atoms with E-state index in [0.717, 1.165) is 66.5 Å². The van der Waals surface area contributed by atoms with Gasteiger partial charge in [-0.25, -0.2) is 0 Å². The number of piperidine rings is 1. The van der Waals surface area contributed by atoms with Gasteiger partial charge in [-0.05, 0) is 67.3 Å². The fourth-order valence-electron chi connectivity index (χ4n) is 4.15. The van der Waals surface area contributed by atoms with Crippen molar-refractivity contribution in [1.82, 2.24) is 15.5 Å². The molecular weight excluding hydrogens is 416 g/mol. The lowest BCUT2D eigenvalue weighted by Gasteiger charge is -2.31. The first-order valence-electron chi connectivity index (χ1n) is 11.3. The lowest BCUT2D eigenvalue weighted by molar-refractivity contribution is -0.125. The standard InChI is InChI=1S/C26H30N4O3/c1-32-22-9-7-19(8-10-22)23-11-12-25(29-28-23)30-17-14-21(15-18-30)26(31)27-16-13-20-5-3-4-6-24(20)33-2/h3-12,21H,13-18H2,1-2H3,(H,27,31). The van der Waals surface area contributed by atoms with Gasteiger partial charge in [0.2, 0.25) is 5.91 Å². The number of para-hydroxylation sites is 1. The molecule has 7 nitrogen and oxygen atoms in total. The first-order chi connectivity index (χ1) is 16.2. The van der Waals surface area contributed by atoms with E-state index in [9.17, 15) is 4.79 Å². The van der Waals surface area contributed by atoms with Crippen LogP contribution in [0.15, 0.2) is 60.7 Å². The van der Waals surface area contributed by atoms with Gasteiger partial charge in [0.05, 0.1) is 19.9 Å². The van der Waals surface area contributed by atoms with Gasteiger partial charge in [0.15, 0.2) is 5.82 Å². The van der Waals surface area contributed by atoms with Crippen molar-refractivity contribution in [3.63, 3.8) is 0 Å². The molecule has 1 aromatic heterocycles. The van der Waals surface area contributed by atoms with E-state index in [1.165, 1.54) is 0 Å². The molecule has 1 N–H and O–H groups in total. The van der Waals surface area contributed by atoms with Gasteiger partial charge in [-0.15, -0.1) is 10.2 Å². The summed E-state index contributed by atoms with van der Waals surface area (Å²) in [5, 5.41) is 11.9. The number of anilines is 1. The normalized spacial score (nSPS) is 14.1. The number of amides is 1. The SMILES string of the molecule is COc1ccc(-c2ccc(N3CCC(C(=O)NCCc4ccccc4OC)CC3)nn2)cc1. The van der Waals surface area contributed by atoms with Crippen LogP contribution in [0.4, 0.5) is 5.82 Å². The van der Waals surface area contributed by atoms with Crippen LogP contribution in [0, 0.1) is 5.92 Å². The van der Waals surface area contributed by atoms with Gasteiger partial charge in [0, 0.05) is 31.1 Å². The average Bonchev–Trinajstić information content (AvgIpc) is 2.89.